The largest absolute Gasteiger partial charge is 0.347 e. The van der Waals surface area contributed by atoms with E-state index < -0.39 is 5.54 Å². The number of hydrogen-bond donors (Lipinski definition) is 2. The SMILES string of the molecule is CCC1(C(=O)NCc2noc(C)n2)CCCN1.Cl. The first kappa shape index (κ1) is 14.9. The maximum Gasteiger partial charge on any atom is 0.240 e. The van der Waals surface area contributed by atoms with E-state index in [-0.39, 0.29) is 18.3 Å². The molecule has 2 rings (SSSR count). The molecule has 1 fully saturated rings. The first-order valence-electron chi connectivity index (χ1n) is 5.99. The predicted octanol–water partition coefficient (Wildman–Crippen LogP) is 0.948. The van der Waals surface area contributed by atoms with Crippen molar-refractivity contribution in [2.45, 2.75) is 45.2 Å². The molecule has 1 aliphatic heterocycles. The molecular formula is C11H19ClN4O2. The molecule has 6 nitrogen and oxygen atoms in total. The summed E-state index contributed by atoms with van der Waals surface area (Å²) >= 11 is 0. The second kappa shape index (κ2) is 6.15. The molecule has 7 heteroatoms. The topological polar surface area (TPSA) is 80.1 Å². The molecule has 0 aliphatic carbocycles. The highest BCUT2D eigenvalue weighted by atomic mass is 35.5. The van der Waals surface area contributed by atoms with Gasteiger partial charge >= 0.3 is 0 Å². The zero-order valence-corrected chi connectivity index (χ0v) is 11.5. The summed E-state index contributed by atoms with van der Waals surface area (Å²) in [5, 5.41) is 9.89. The second-order valence-electron chi connectivity index (χ2n) is 4.38. The zero-order chi connectivity index (χ0) is 12.3. The van der Waals surface area contributed by atoms with Gasteiger partial charge in [-0.2, -0.15) is 4.98 Å². The number of nitrogens with zero attached hydrogens (tertiary/aromatic N) is 2. The quantitative estimate of drug-likeness (QED) is 0.854. The minimum absolute atomic E-state index is 0. The fourth-order valence-electron chi connectivity index (χ4n) is 2.20. The number of carbonyl (C=O) groups excluding carboxylic acids is 1. The van der Waals surface area contributed by atoms with Crippen molar-refractivity contribution in [1.82, 2.24) is 20.8 Å². The molecule has 0 saturated carbocycles. The first-order valence-corrected chi connectivity index (χ1v) is 5.99. The van der Waals surface area contributed by atoms with Gasteiger partial charge in [0.15, 0.2) is 5.82 Å². The van der Waals surface area contributed by atoms with Crippen LogP contribution in [0.15, 0.2) is 4.52 Å². The average Bonchev–Trinajstić information content (AvgIpc) is 2.95. The van der Waals surface area contributed by atoms with E-state index in [1.807, 2.05) is 6.92 Å². The standard InChI is InChI=1S/C11H18N4O2.ClH/c1-3-11(5-4-6-13-11)10(16)12-7-9-14-8(2)17-15-9;/h13H,3-7H2,1-2H3,(H,12,16);1H. The van der Waals surface area contributed by atoms with Crippen LogP contribution in [-0.2, 0) is 11.3 Å². The van der Waals surface area contributed by atoms with E-state index in [4.69, 9.17) is 4.52 Å². The Morgan fingerprint density at radius 1 is 1.61 bits per heavy atom. The molecule has 0 spiro atoms. The summed E-state index contributed by atoms with van der Waals surface area (Å²) in [6.07, 6.45) is 2.73. The van der Waals surface area contributed by atoms with Gasteiger partial charge in [0.25, 0.3) is 0 Å². The summed E-state index contributed by atoms with van der Waals surface area (Å²) in [7, 11) is 0. The van der Waals surface area contributed by atoms with Crippen LogP contribution in [-0.4, -0.2) is 28.1 Å². The van der Waals surface area contributed by atoms with Crippen molar-refractivity contribution in [1.29, 1.82) is 0 Å². The van der Waals surface area contributed by atoms with Gasteiger partial charge in [-0.25, -0.2) is 0 Å². The number of rotatable bonds is 4. The second-order valence-corrected chi connectivity index (χ2v) is 4.38. The van der Waals surface area contributed by atoms with Crippen molar-refractivity contribution in [3.05, 3.63) is 11.7 Å². The molecule has 1 aromatic rings. The molecule has 0 aromatic carbocycles. The van der Waals surface area contributed by atoms with Gasteiger partial charge in [-0.1, -0.05) is 12.1 Å². The van der Waals surface area contributed by atoms with Crippen LogP contribution in [0.5, 0.6) is 0 Å². The molecule has 18 heavy (non-hydrogen) atoms. The molecule has 2 N–H and O–H groups in total. The van der Waals surface area contributed by atoms with Crippen LogP contribution in [0.25, 0.3) is 0 Å². The van der Waals surface area contributed by atoms with Crippen molar-refractivity contribution >= 4 is 18.3 Å². The number of nitrogens with one attached hydrogen (secondary N) is 2. The molecule has 1 atom stereocenters. The summed E-state index contributed by atoms with van der Waals surface area (Å²) < 4.78 is 4.85. The number of aromatic nitrogens is 2. The highest BCUT2D eigenvalue weighted by Gasteiger charge is 2.38. The fraction of sp³-hybridized carbons (Fsp3) is 0.727. The molecule has 1 amide bonds. The maximum atomic E-state index is 12.1. The molecular weight excluding hydrogens is 256 g/mol. The van der Waals surface area contributed by atoms with Gasteiger partial charge in [0.2, 0.25) is 11.8 Å². The fourth-order valence-corrected chi connectivity index (χ4v) is 2.20. The van der Waals surface area contributed by atoms with Crippen LogP contribution in [0.1, 0.15) is 37.9 Å². The van der Waals surface area contributed by atoms with Crippen molar-refractivity contribution in [2.24, 2.45) is 0 Å². The Balaban J connectivity index is 0.00000162. The van der Waals surface area contributed by atoms with Gasteiger partial charge in [-0.15, -0.1) is 12.4 Å². The monoisotopic (exact) mass is 274 g/mol. The van der Waals surface area contributed by atoms with Gasteiger partial charge in [-0.3, -0.25) is 4.79 Å². The zero-order valence-electron chi connectivity index (χ0n) is 10.7. The molecule has 102 valence electrons. The first-order chi connectivity index (χ1) is 8.16. The van der Waals surface area contributed by atoms with Gasteiger partial charge in [0, 0.05) is 6.92 Å². The summed E-state index contributed by atoms with van der Waals surface area (Å²) in [6.45, 7) is 4.98. The minimum atomic E-state index is -0.404. The highest BCUT2D eigenvalue weighted by Crippen LogP contribution is 2.23. The van der Waals surface area contributed by atoms with E-state index in [2.05, 4.69) is 20.8 Å². The van der Waals surface area contributed by atoms with Gasteiger partial charge in [-0.05, 0) is 25.8 Å². The van der Waals surface area contributed by atoms with Gasteiger partial charge in [0.1, 0.15) is 0 Å². The van der Waals surface area contributed by atoms with Crippen LogP contribution >= 0.6 is 12.4 Å². The Morgan fingerprint density at radius 3 is 2.89 bits per heavy atom. The van der Waals surface area contributed by atoms with E-state index in [0.717, 1.165) is 25.8 Å². The Bertz CT molecular complexity index is 402. The normalized spacial score (nSPS) is 22.6. The van der Waals surface area contributed by atoms with E-state index >= 15 is 0 Å². The summed E-state index contributed by atoms with van der Waals surface area (Å²) in [6, 6.07) is 0. The smallest absolute Gasteiger partial charge is 0.240 e. The molecule has 0 radical (unpaired) electrons. The van der Waals surface area contributed by atoms with Crippen LogP contribution in [0, 0.1) is 6.92 Å². The molecule has 0 bridgehead atoms. The number of amides is 1. The van der Waals surface area contributed by atoms with Crippen LogP contribution in [0.4, 0.5) is 0 Å². The van der Waals surface area contributed by atoms with Crippen LogP contribution in [0.2, 0.25) is 0 Å². The third kappa shape index (κ3) is 3.00. The van der Waals surface area contributed by atoms with Crippen LogP contribution < -0.4 is 10.6 Å². The summed E-state index contributed by atoms with van der Waals surface area (Å²) in [5.74, 6) is 1.05. The van der Waals surface area contributed by atoms with E-state index in [0.29, 0.717) is 18.3 Å². The Morgan fingerprint density at radius 2 is 2.39 bits per heavy atom. The Kier molecular flexibility index (Phi) is 5.10. The lowest BCUT2D eigenvalue weighted by atomic mass is 9.93. The van der Waals surface area contributed by atoms with Crippen LogP contribution in [0.3, 0.4) is 0 Å². The lowest BCUT2D eigenvalue weighted by Gasteiger charge is -2.26. The molecule has 2 heterocycles. The van der Waals surface area contributed by atoms with Gasteiger partial charge < -0.3 is 15.2 Å². The molecule has 1 aromatic heterocycles. The lowest BCUT2D eigenvalue weighted by Crippen LogP contribution is -2.52. The van der Waals surface area contributed by atoms with Crippen molar-refractivity contribution < 1.29 is 9.32 Å². The maximum absolute atomic E-state index is 12.1. The highest BCUT2D eigenvalue weighted by molar-refractivity contribution is 5.86. The summed E-state index contributed by atoms with van der Waals surface area (Å²) in [5.41, 5.74) is -0.404. The third-order valence-electron chi connectivity index (χ3n) is 3.26. The number of halogens is 1. The van der Waals surface area contributed by atoms with Gasteiger partial charge in [0.05, 0.1) is 12.1 Å². The molecule has 1 saturated heterocycles. The third-order valence-corrected chi connectivity index (χ3v) is 3.26. The Hall–Kier alpha value is -1.14. The minimum Gasteiger partial charge on any atom is -0.347 e. The average molecular weight is 275 g/mol. The molecule has 1 aliphatic rings. The van der Waals surface area contributed by atoms with Crippen molar-refractivity contribution in [2.75, 3.05) is 6.54 Å². The van der Waals surface area contributed by atoms with E-state index in [9.17, 15) is 4.79 Å². The van der Waals surface area contributed by atoms with E-state index in [1.54, 1.807) is 6.92 Å². The number of hydrogen-bond acceptors (Lipinski definition) is 5. The lowest BCUT2D eigenvalue weighted by molar-refractivity contribution is -0.127. The summed E-state index contributed by atoms with van der Waals surface area (Å²) in [4.78, 5) is 16.2. The van der Waals surface area contributed by atoms with Crippen molar-refractivity contribution in [3.63, 3.8) is 0 Å². The number of aryl methyl sites for hydroxylation is 1. The molecule has 1 unspecified atom stereocenters. The predicted molar refractivity (Wildman–Crippen MR) is 68.4 cm³/mol. The Labute approximate surface area is 112 Å². The number of carbonyl (C=O) groups is 1. The van der Waals surface area contributed by atoms with E-state index in [1.165, 1.54) is 0 Å². The van der Waals surface area contributed by atoms with Crippen molar-refractivity contribution in [3.8, 4) is 0 Å².